The number of methoxy groups -OCH3 is 1. The van der Waals surface area contributed by atoms with Gasteiger partial charge in [-0.15, -0.1) is 0 Å². The van der Waals surface area contributed by atoms with Gasteiger partial charge in [0, 0.05) is 0 Å². The van der Waals surface area contributed by atoms with Crippen molar-refractivity contribution in [3.05, 3.63) is 22.8 Å². The van der Waals surface area contributed by atoms with Gasteiger partial charge in [0.1, 0.15) is 11.8 Å². The van der Waals surface area contributed by atoms with Crippen molar-refractivity contribution in [1.82, 2.24) is 4.72 Å². The minimum atomic E-state index is -3.90. The molecule has 0 radical (unpaired) electrons. The van der Waals surface area contributed by atoms with E-state index in [4.69, 9.17) is 9.47 Å². The maximum Gasteiger partial charge on any atom is 0.324 e. The van der Waals surface area contributed by atoms with Crippen molar-refractivity contribution in [2.24, 2.45) is 0 Å². The predicted molar refractivity (Wildman–Crippen MR) is 106 cm³/mol. The van der Waals surface area contributed by atoms with E-state index in [9.17, 15) is 13.2 Å². The molecule has 0 heterocycles. The van der Waals surface area contributed by atoms with Gasteiger partial charge < -0.3 is 9.47 Å². The van der Waals surface area contributed by atoms with Crippen LogP contribution < -0.4 is 9.46 Å². The molecular weight excluding hydrogens is 374 g/mol. The third-order valence-corrected chi connectivity index (χ3v) is 6.42. The van der Waals surface area contributed by atoms with E-state index in [-0.39, 0.29) is 11.0 Å². The molecule has 0 bridgehead atoms. The van der Waals surface area contributed by atoms with Crippen molar-refractivity contribution in [3.8, 4) is 5.75 Å². The van der Waals surface area contributed by atoms with E-state index < -0.39 is 22.0 Å². The van der Waals surface area contributed by atoms with Crippen molar-refractivity contribution in [2.75, 3.05) is 19.1 Å². The fourth-order valence-corrected chi connectivity index (χ4v) is 4.88. The molecule has 26 heavy (non-hydrogen) atoms. The molecule has 8 heteroatoms. The quantitative estimate of drug-likeness (QED) is 0.639. The van der Waals surface area contributed by atoms with Gasteiger partial charge in [-0.1, -0.05) is 0 Å². The molecule has 1 unspecified atom stereocenters. The van der Waals surface area contributed by atoms with Gasteiger partial charge in [0.25, 0.3) is 0 Å². The van der Waals surface area contributed by atoms with Crippen LogP contribution in [0.5, 0.6) is 5.75 Å². The standard InChI is InChI=1S/C18H29NO5S2/c1-11(2)24-18(20)15(8-9-25-7)19-26(21,22)17-12(3)10-16(23-6)13(4)14(17)5/h10-11,15,19H,8-9H2,1-7H3. The topological polar surface area (TPSA) is 81.7 Å². The van der Waals surface area contributed by atoms with Gasteiger partial charge in [-0.05, 0) is 75.8 Å². The number of benzene rings is 1. The SMILES string of the molecule is COc1cc(C)c(S(=O)(=O)NC(CCSC)C(=O)OC(C)C)c(C)c1C. The summed E-state index contributed by atoms with van der Waals surface area (Å²) in [6.45, 7) is 8.73. The first-order valence-electron chi connectivity index (χ1n) is 8.41. The van der Waals surface area contributed by atoms with Crippen LogP contribution in [0.4, 0.5) is 0 Å². The second-order valence-electron chi connectivity index (χ2n) is 6.42. The van der Waals surface area contributed by atoms with E-state index in [1.807, 2.05) is 13.2 Å². The second-order valence-corrected chi connectivity index (χ2v) is 9.05. The van der Waals surface area contributed by atoms with Gasteiger partial charge in [-0.25, -0.2) is 8.42 Å². The molecule has 0 amide bonds. The van der Waals surface area contributed by atoms with Crippen LogP contribution in [0.25, 0.3) is 0 Å². The van der Waals surface area contributed by atoms with Crippen molar-refractivity contribution < 1.29 is 22.7 Å². The Hall–Kier alpha value is -1.25. The number of aryl methyl sites for hydroxylation is 1. The maximum absolute atomic E-state index is 13.0. The summed E-state index contributed by atoms with van der Waals surface area (Å²) in [4.78, 5) is 12.5. The molecule has 0 aliphatic heterocycles. The van der Waals surface area contributed by atoms with E-state index in [0.29, 0.717) is 29.1 Å². The first-order chi connectivity index (χ1) is 12.0. The molecule has 0 saturated carbocycles. The zero-order chi connectivity index (χ0) is 20.1. The highest BCUT2D eigenvalue weighted by Gasteiger charge is 2.30. The summed E-state index contributed by atoms with van der Waals surface area (Å²) in [7, 11) is -2.35. The number of carbonyl (C=O) groups is 1. The highest BCUT2D eigenvalue weighted by atomic mass is 32.2. The lowest BCUT2D eigenvalue weighted by Gasteiger charge is -2.21. The van der Waals surface area contributed by atoms with Crippen LogP contribution in [-0.2, 0) is 19.6 Å². The van der Waals surface area contributed by atoms with Crippen molar-refractivity contribution in [1.29, 1.82) is 0 Å². The Labute approximate surface area is 161 Å². The number of hydrogen-bond acceptors (Lipinski definition) is 6. The third-order valence-electron chi connectivity index (χ3n) is 4.01. The number of sulfonamides is 1. The number of thioether (sulfide) groups is 1. The van der Waals surface area contributed by atoms with E-state index in [2.05, 4.69) is 4.72 Å². The largest absolute Gasteiger partial charge is 0.496 e. The van der Waals surface area contributed by atoms with Crippen LogP contribution in [0.3, 0.4) is 0 Å². The fourth-order valence-electron chi connectivity index (χ4n) is 2.67. The lowest BCUT2D eigenvalue weighted by molar-refractivity contribution is -0.149. The molecule has 1 N–H and O–H groups in total. The minimum Gasteiger partial charge on any atom is -0.496 e. The van der Waals surface area contributed by atoms with Gasteiger partial charge in [-0.2, -0.15) is 16.5 Å². The van der Waals surface area contributed by atoms with Gasteiger partial charge in [0.15, 0.2) is 0 Å². The van der Waals surface area contributed by atoms with E-state index in [0.717, 1.165) is 5.56 Å². The number of esters is 1. The van der Waals surface area contributed by atoms with Crippen LogP contribution in [0.2, 0.25) is 0 Å². The van der Waals surface area contributed by atoms with Gasteiger partial charge in [-0.3, -0.25) is 4.79 Å². The minimum absolute atomic E-state index is 0.183. The Balaban J connectivity index is 3.26. The first-order valence-corrected chi connectivity index (χ1v) is 11.3. The highest BCUT2D eigenvalue weighted by molar-refractivity contribution is 7.98. The molecule has 1 rings (SSSR count). The zero-order valence-electron chi connectivity index (χ0n) is 16.5. The van der Waals surface area contributed by atoms with Crippen LogP contribution in [0, 0.1) is 20.8 Å². The summed E-state index contributed by atoms with van der Waals surface area (Å²) < 4.78 is 39.1. The average molecular weight is 404 g/mol. The Morgan fingerprint density at radius 3 is 2.35 bits per heavy atom. The normalized spacial score (nSPS) is 12.9. The molecule has 1 atom stereocenters. The van der Waals surface area contributed by atoms with Crippen LogP contribution in [-0.4, -0.2) is 45.7 Å². The molecule has 0 aliphatic rings. The molecule has 6 nitrogen and oxygen atoms in total. The lowest BCUT2D eigenvalue weighted by atomic mass is 10.1. The molecule has 0 spiro atoms. The molecule has 0 aromatic heterocycles. The Morgan fingerprint density at radius 2 is 1.85 bits per heavy atom. The van der Waals surface area contributed by atoms with Crippen LogP contribution in [0.1, 0.15) is 37.0 Å². The van der Waals surface area contributed by atoms with Crippen molar-refractivity contribution in [2.45, 2.75) is 58.1 Å². The monoisotopic (exact) mass is 403 g/mol. The molecule has 0 saturated heterocycles. The van der Waals surface area contributed by atoms with Gasteiger partial charge in [0.2, 0.25) is 10.0 Å². The van der Waals surface area contributed by atoms with E-state index >= 15 is 0 Å². The summed E-state index contributed by atoms with van der Waals surface area (Å²) >= 11 is 1.54. The highest BCUT2D eigenvalue weighted by Crippen LogP contribution is 2.30. The number of nitrogens with one attached hydrogen (secondary N) is 1. The Kier molecular flexibility index (Phi) is 8.43. The summed E-state index contributed by atoms with van der Waals surface area (Å²) in [5.41, 5.74) is 1.93. The molecule has 148 valence electrons. The predicted octanol–water partition coefficient (Wildman–Crippen LogP) is 2.97. The molecular formula is C18H29NO5S2. The zero-order valence-corrected chi connectivity index (χ0v) is 18.1. The molecule has 0 fully saturated rings. The number of hydrogen-bond donors (Lipinski definition) is 1. The number of rotatable bonds is 9. The van der Waals surface area contributed by atoms with E-state index in [1.165, 1.54) is 0 Å². The Bertz CT molecular complexity index is 744. The number of carbonyl (C=O) groups excluding carboxylic acids is 1. The summed E-state index contributed by atoms with van der Waals surface area (Å²) in [5.74, 6) is 0.718. The third kappa shape index (κ3) is 5.62. The van der Waals surface area contributed by atoms with Gasteiger partial charge >= 0.3 is 5.97 Å². The average Bonchev–Trinajstić information content (AvgIpc) is 2.53. The summed E-state index contributed by atoms with van der Waals surface area (Å²) in [5, 5.41) is 0. The maximum atomic E-state index is 13.0. The molecule has 1 aromatic rings. The number of ether oxygens (including phenoxy) is 2. The smallest absolute Gasteiger partial charge is 0.324 e. The fraction of sp³-hybridized carbons (Fsp3) is 0.611. The second kappa shape index (κ2) is 9.62. The molecule has 1 aromatic carbocycles. The van der Waals surface area contributed by atoms with Crippen molar-refractivity contribution in [3.63, 3.8) is 0 Å². The van der Waals surface area contributed by atoms with E-state index in [1.54, 1.807) is 52.6 Å². The van der Waals surface area contributed by atoms with Crippen molar-refractivity contribution >= 4 is 27.8 Å². The summed E-state index contributed by atoms with van der Waals surface area (Å²) in [6.07, 6.45) is 1.95. The van der Waals surface area contributed by atoms with Crippen LogP contribution >= 0.6 is 11.8 Å². The lowest BCUT2D eigenvalue weighted by Crippen LogP contribution is -2.43. The Morgan fingerprint density at radius 1 is 1.23 bits per heavy atom. The first kappa shape index (κ1) is 22.8. The summed E-state index contributed by atoms with van der Waals surface area (Å²) in [6, 6.07) is 0.774. The molecule has 0 aliphatic carbocycles. The van der Waals surface area contributed by atoms with Crippen LogP contribution in [0.15, 0.2) is 11.0 Å². The van der Waals surface area contributed by atoms with Gasteiger partial charge in [0.05, 0.1) is 18.1 Å².